The lowest BCUT2D eigenvalue weighted by atomic mass is 9.89. The topological polar surface area (TPSA) is 89.4 Å². The minimum absolute atomic E-state index is 0.332. The normalized spacial score (nSPS) is 23.6. The van der Waals surface area contributed by atoms with Crippen molar-refractivity contribution in [3.63, 3.8) is 0 Å². The summed E-state index contributed by atoms with van der Waals surface area (Å²) in [5.41, 5.74) is 5.51. The van der Waals surface area contributed by atoms with Crippen molar-refractivity contribution in [2.75, 3.05) is 13.1 Å². The van der Waals surface area contributed by atoms with Crippen molar-refractivity contribution >= 4 is 10.2 Å². The molecule has 0 unspecified atom stereocenters. The van der Waals surface area contributed by atoms with Crippen LogP contribution in [0.1, 0.15) is 19.8 Å². The van der Waals surface area contributed by atoms with Crippen LogP contribution in [0.15, 0.2) is 0 Å². The van der Waals surface area contributed by atoms with E-state index < -0.39 is 10.2 Å². The van der Waals surface area contributed by atoms with Gasteiger partial charge in [0.2, 0.25) is 0 Å². The number of nitrogens with zero attached hydrogens (tertiary/aromatic N) is 1. The molecule has 0 aromatic rings. The van der Waals surface area contributed by atoms with Gasteiger partial charge in [0.25, 0.3) is 10.2 Å². The van der Waals surface area contributed by atoms with Gasteiger partial charge in [-0.15, -0.1) is 0 Å². The fourth-order valence-electron chi connectivity index (χ4n) is 1.49. The van der Waals surface area contributed by atoms with E-state index in [-0.39, 0.29) is 5.54 Å². The fraction of sp³-hybridized carbons (Fsp3) is 1.00. The Labute approximate surface area is 72.9 Å². The quantitative estimate of drug-likeness (QED) is 0.602. The lowest BCUT2D eigenvalue weighted by Gasteiger charge is -2.45. The zero-order valence-electron chi connectivity index (χ0n) is 7.16. The van der Waals surface area contributed by atoms with E-state index in [2.05, 4.69) is 0 Å². The molecule has 72 valence electrons. The van der Waals surface area contributed by atoms with E-state index in [9.17, 15) is 8.42 Å². The van der Waals surface area contributed by atoms with Crippen LogP contribution in [0.3, 0.4) is 0 Å². The summed E-state index contributed by atoms with van der Waals surface area (Å²) in [5.74, 6) is 0. The maximum atomic E-state index is 10.8. The van der Waals surface area contributed by atoms with Crippen LogP contribution >= 0.6 is 0 Å². The Balaban J connectivity index is 2.47. The van der Waals surface area contributed by atoms with E-state index in [0.717, 1.165) is 12.8 Å². The Bertz CT molecular complexity index is 256. The van der Waals surface area contributed by atoms with E-state index in [1.54, 1.807) is 0 Å². The first kappa shape index (κ1) is 9.91. The van der Waals surface area contributed by atoms with E-state index in [1.807, 2.05) is 6.92 Å². The molecule has 5 nitrogen and oxygen atoms in total. The van der Waals surface area contributed by atoms with Gasteiger partial charge < -0.3 is 5.73 Å². The lowest BCUT2D eigenvalue weighted by Crippen LogP contribution is -2.69. The van der Waals surface area contributed by atoms with E-state index in [0.29, 0.717) is 13.1 Å². The van der Waals surface area contributed by atoms with Crippen LogP contribution in [0, 0.1) is 0 Å². The van der Waals surface area contributed by atoms with Crippen molar-refractivity contribution in [1.29, 1.82) is 0 Å². The smallest absolute Gasteiger partial charge is 0.277 e. The van der Waals surface area contributed by atoms with E-state index in [1.165, 1.54) is 4.31 Å². The summed E-state index contributed by atoms with van der Waals surface area (Å²) < 4.78 is 22.7. The maximum absolute atomic E-state index is 10.8. The minimum Gasteiger partial charge on any atom is -0.323 e. The molecule has 1 rings (SSSR count). The minimum atomic E-state index is -3.50. The Morgan fingerprint density at radius 1 is 1.50 bits per heavy atom. The van der Waals surface area contributed by atoms with Gasteiger partial charge in [0, 0.05) is 18.6 Å². The van der Waals surface area contributed by atoms with Crippen molar-refractivity contribution in [3.8, 4) is 0 Å². The van der Waals surface area contributed by atoms with E-state index >= 15 is 0 Å². The summed E-state index contributed by atoms with van der Waals surface area (Å²) in [5, 5.41) is 4.90. The molecular formula is C6H15N3O2S. The predicted molar refractivity (Wildman–Crippen MR) is 46.5 cm³/mol. The molecule has 1 heterocycles. The molecule has 6 heteroatoms. The first-order valence-electron chi connectivity index (χ1n) is 3.94. The zero-order valence-corrected chi connectivity index (χ0v) is 7.97. The molecule has 0 bridgehead atoms. The van der Waals surface area contributed by atoms with Gasteiger partial charge in [0.1, 0.15) is 0 Å². The molecule has 0 atom stereocenters. The van der Waals surface area contributed by atoms with Gasteiger partial charge >= 0.3 is 0 Å². The maximum Gasteiger partial charge on any atom is 0.277 e. The standard InChI is InChI=1S/C6H15N3O2S/c1-2-3-6(7)4-9(5-6)12(8,10)11/h2-5,7H2,1H3,(H2,8,10,11). The molecule has 0 amide bonds. The molecule has 0 radical (unpaired) electrons. The third-order valence-corrected chi connectivity index (χ3v) is 3.07. The highest BCUT2D eigenvalue weighted by Crippen LogP contribution is 2.24. The number of hydrogen-bond donors (Lipinski definition) is 2. The third kappa shape index (κ3) is 1.95. The molecule has 0 saturated carbocycles. The molecule has 0 aromatic carbocycles. The molecule has 0 spiro atoms. The SMILES string of the molecule is CCCC1(N)CN(S(N)(=O)=O)C1. The summed E-state index contributed by atoms with van der Waals surface area (Å²) in [7, 11) is -3.50. The van der Waals surface area contributed by atoms with Crippen molar-refractivity contribution in [1.82, 2.24) is 4.31 Å². The van der Waals surface area contributed by atoms with Gasteiger partial charge in [-0.05, 0) is 6.42 Å². The van der Waals surface area contributed by atoms with E-state index in [4.69, 9.17) is 10.9 Å². The van der Waals surface area contributed by atoms with Gasteiger partial charge in [0.15, 0.2) is 0 Å². The third-order valence-electron chi connectivity index (χ3n) is 2.09. The summed E-state index contributed by atoms with van der Waals surface area (Å²) in [6.45, 7) is 2.74. The average molecular weight is 193 g/mol. The van der Waals surface area contributed by atoms with Crippen molar-refractivity contribution < 1.29 is 8.42 Å². The van der Waals surface area contributed by atoms with Crippen LogP contribution in [-0.4, -0.2) is 31.4 Å². The van der Waals surface area contributed by atoms with Crippen molar-refractivity contribution in [3.05, 3.63) is 0 Å². The summed E-state index contributed by atoms with van der Waals surface area (Å²) in [4.78, 5) is 0. The Morgan fingerprint density at radius 2 is 2.00 bits per heavy atom. The largest absolute Gasteiger partial charge is 0.323 e. The monoisotopic (exact) mass is 193 g/mol. The Morgan fingerprint density at radius 3 is 2.33 bits per heavy atom. The zero-order chi connectivity index (χ0) is 9.41. The van der Waals surface area contributed by atoms with Crippen LogP contribution in [0.2, 0.25) is 0 Å². The fourth-order valence-corrected chi connectivity index (χ4v) is 2.37. The van der Waals surface area contributed by atoms with Crippen LogP contribution in [-0.2, 0) is 10.2 Å². The van der Waals surface area contributed by atoms with Crippen molar-refractivity contribution in [2.45, 2.75) is 25.3 Å². The molecule has 1 fully saturated rings. The van der Waals surface area contributed by atoms with Gasteiger partial charge in [-0.3, -0.25) is 0 Å². The first-order valence-corrected chi connectivity index (χ1v) is 5.44. The number of hydrogen-bond acceptors (Lipinski definition) is 3. The second-order valence-electron chi connectivity index (χ2n) is 3.43. The molecule has 1 aliphatic heterocycles. The predicted octanol–water partition coefficient (Wildman–Crippen LogP) is -0.997. The van der Waals surface area contributed by atoms with Gasteiger partial charge in [-0.2, -0.15) is 12.7 Å². The molecule has 0 aromatic heterocycles. The highest BCUT2D eigenvalue weighted by molar-refractivity contribution is 7.86. The van der Waals surface area contributed by atoms with Crippen LogP contribution in [0.25, 0.3) is 0 Å². The average Bonchev–Trinajstić information content (AvgIpc) is 1.81. The molecule has 12 heavy (non-hydrogen) atoms. The summed E-state index contributed by atoms with van der Waals surface area (Å²) >= 11 is 0. The Hall–Kier alpha value is -0.170. The van der Waals surface area contributed by atoms with Crippen LogP contribution in [0.5, 0.6) is 0 Å². The highest BCUT2D eigenvalue weighted by Gasteiger charge is 2.43. The van der Waals surface area contributed by atoms with Crippen molar-refractivity contribution in [2.24, 2.45) is 10.9 Å². The first-order chi connectivity index (χ1) is 5.37. The summed E-state index contributed by atoms with van der Waals surface area (Å²) in [6.07, 6.45) is 1.81. The molecular weight excluding hydrogens is 178 g/mol. The lowest BCUT2D eigenvalue weighted by molar-refractivity contribution is 0.147. The second-order valence-corrected chi connectivity index (χ2v) is 4.97. The van der Waals surface area contributed by atoms with Gasteiger partial charge in [0.05, 0.1) is 0 Å². The molecule has 4 N–H and O–H groups in total. The van der Waals surface area contributed by atoms with Gasteiger partial charge in [-0.1, -0.05) is 13.3 Å². The number of nitrogens with two attached hydrogens (primary N) is 2. The molecule has 0 aliphatic carbocycles. The number of rotatable bonds is 3. The Kier molecular flexibility index (Phi) is 2.44. The highest BCUT2D eigenvalue weighted by atomic mass is 32.2. The molecule has 1 saturated heterocycles. The van der Waals surface area contributed by atoms with Gasteiger partial charge in [-0.25, -0.2) is 5.14 Å². The summed E-state index contributed by atoms with van der Waals surface area (Å²) in [6, 6.07) is 0. The molecule has 1 aliphatic rings. The van der Waals surface area contributed by atoms with Crippen LogP contribution < -0.4 is 10.9 Å². The second kappa shape index (κ2) is 2.95. The van der Waals surface area contributed by atoms with Crippen LogP contribution in [0.4, 0.5) is 0 Å².